The van der Waals surface area contributed by atoms with Crippen molar-refractivity contribution >= 4 is 5.91 Å². The third-order valence-corrected chi connectivity index (χ3v) is 4.96. The lowest BCUT2D eigenvalue weighted by Gasteiger charge is -2.13. The van der Waals surface area contributed by atoms with Gasteiger partial charge in [-0.2, -0.15) is 0 Å². The summed E-state index contributed by atoms with van der Waals surface area (Å²) in [5.41, 5.74) is 0.680. The molecule has 0 aliphatic heterocycles. The maximum atomic E-state index is 13.5. The van der Waals surface area contributed by atoms with Crippen LogP contribution in [0, 0.1) is 12.7 Å². The van der Waals surface area contributed by atoms with Crippen molar-refractivity contribution in [1.82, 2.24) is 14.5 Å². The van der Waals surface area contributed by atoms with Crippen molar-refractivity contribution in [1.29, 1.82) is 0 Å². The van der Waals surface area contributed by atoms with E-state index in [1.165, 1.54) is 49.0 Å². The van der Waals surface area contributed by atoms with Crippen LogP contribution in [0.3, 0.4) is 0 Å². The summed E-state index contributed by atoms with van der Waals surface area (Å²) >= 11 is 0. The van der Waals surface area contributed by atoms with Gasteiger partial charge < -0.3 is 5.32 Å². The van der Waals surface area contributed by atoms with Crippen LogP contribution in [0.15, 0.2) is 51.8 Å². The fourth-order valence-electron chi connectivity index (χ4n) is 3.37. The van der Waals surface area contributed by atoms with Gasteiger partial charge in [-0.05, 0) is 56.7 Å². The minimum absolute atomic E-state index is 0.226. The van der Waals surface area contributed by atoms with E-state index in [-0.39, 0.29) is 12.5 Å². The van der Waals surface area contributed by atoms with Gasteiger partial charge in [-0.3, -0.25) is 23.5 Å². The second kappa shape index (κ2) is 8.82. The zero-order chi connectivity index (χ0) is 20.1. The summed E-state index contributed by atoms with van der Waals surface area (Å²) in [4.78, 5) is 36.9. The topological polar surface area (TPSA) is 73.1 Å². The Kier molecular flexibility index (Phi) is 6.23. The molecule has 7 heteroatoms. The zero-order valence-electron chi connectivity index (χ0n) is 15.9. The number of nitrogens with zero attached hydrogens (tertiary/aromatic N) is 2. The molecule has 1 amide bonds. The Morgan fingerprint density at radius 2 is 2.00 bits per heavy atom. The van der Waals surface area contributed by atoms with Gasteiger partial charge in [0.1, 0.15) is 12.4 Å². The monoisotopic (exact) mass is 385 g/mol. The molecule has 0 saturated carbocycles. The van der Waals surface area contributed by atoms with Gasteiger partial charge in [0.15, 0.2) is 0 Å². The smallest absolute Gasteiger partial charge is 0.320 e. The van der Waals surface area contributed by atoms with Crippen LogP contribution in [0.25, 0.3) is 5.69 Å². The molecule has 0 fully saturated rings. The summed E-state index contributed by atoms with van der Waals surface area (Å²) in [6.45, 7) is 2.01. The number of aromatic nitrogens is 2. The van der Waals surface area contributed by atoms with Crippen LogP contribution in [-0.4, -0.2) is 21.6 Å². The summed E-state index contributed by atoms with van der Waals surface area (Å²) in [6.07, 6.45) is 10.4. The van der Waals surface area contributed by atoms with Gasteiger partial charge in [0.2, 0.25) is 5.91 Å². The van der Waals surface area contributed by atoms with E-state index < -0.39 is 16.9 Å². The first kappa shape index (κ1) is 19.8. The second-order valence-corrected chi connectivity index (χ2v) is 7.05. The van der Waals surface area contributed by atoms with Gasteiger partial charge >= 0.3 is 11.1 Å². The van der Waals surface area contributed by atoms with Gasteiger partial charge in [-0.25, -0.2) is 4.39 Å². The molecule has 1 aliphatic rings. The van der Waals surface area contributed by atoms with E-state index in [1.54, 1.807) is 6.92 Å². The SMILES string of the molecule is Cc1ccc(F)cc1-n1ccn(CC(=O)NCCC2=CCCCC2)c(=O)c1=O. The van der Waals surface area contributed by atoms with Gasteiger partial charge in [-0.1, -0.05) is 17.7 Å². The Labute approximate surface area is 162 Å². The van der Waals surface area contributed by atoms with E-state index in [1.807, 2.05) is 0 Å². The molecule has 0 atom stereocenters. The number of amides is 1. The molecular formula is C21H24FN3O3. The lowest BCUT2D eigenvalue weighted by Crippen LogP contribution is -2.42. The van der Waals surface area contributed by atoms with Crippen LogP contribution in [0.5, 0.6) is 0 Å². The maximum Gasteiger partial charge on any atom is 0.320 e. The third kappa shape index (κ3) is 4.65. The average molecular weight is 385 g/mol. The molecule has 3 rings (SSSR count). The number of hydrogen-bond donors (Lipinski definition) is 1. The van der Waals surface area contributed by atoms with E-state index in [9.17, 15) is 18.8 Å². The zero-order valence-corrected chi connectivity index (χ0v) is 15.9. The lowest BCUT2D eigenvalue weighted by atomic mass is 9.97. The van der Waals surface area contributed by atoms with Crippen molar-refractivity contribution in [2.75, 3.05) is 6.54 Å². The highest BCUT2D eigenvalue weighted by molar-refractivity contribution is 5.75. The molecule has 0 saturated heterocycles. The highest BCUT2D eigenvalue weighted by atomic mass is 19.1. The Morgan fingerprint density at radius 1 is 1.18 bits per heavy atom. The van der Waals surface area contributed by atoms with Gasteiger partial charge in [0.05, 0.1) is 5.69 Å². The first-order chi connectivity index (χ1) is 13.5. The summed E-state index contributed by atoms with van der Waals surface area (Å²) in [6, 6.07) is 4.03. The molecule has 1 aromatic heterocycles. The molecule has 1 heterocycles. The van der Waals surface area contributed by atoms with E-state index >= 15 is 0 Å². The van der Waals surface area contributed by atoms with E-state index in [0.717, 1.165) is 28.4 Å². The number of nitrogens with one attached hydrogen (secondary N) is 1. The molecule has 1 aromatic carbocycles. The number of aryl methyl sites for hydroxylation is 1. The van der Waals surface area contributed by atoms with Gasteiger partial charge in [0.25, 0.3) is 0 Å². The molecule has 0 radical (unpaired) electrons. The summed E-state index contributed by atoms with van der Waals surface area (Å²) in [5.74, 6) is -0.818. The van der Waals surface area contributed by atoms with Crippen LogP contribution in [0.1, 0.15) is 37.7 Å². The molecule has 1 aliphatic carbocycles. The fraction of sp³-hybridized carbons (Fsp3) is 0.381. The molecule has 28 heavy (non-hydrogen) atoms. The van der Waals surface area contributed by atoms with E-state index in [0.29, 0.717) is 17.8 Å². The number of carbonyl (C=O) groups excluding carboxylic acids is 1. The van der Waals surface area contributed by atoms with E-state index in [2.05, 4.69) is 11.4 Å². The number of hydrogen-bond acceptors (Lipinski definition) is 3. The molecular weight excluding hydrogens is 361 g/mol. The molecule has 6 nitrogen and oxygen atoms in total. The average Bonchev–Trinajstić information content (AvgIpc) is 2.69. The Hall–Kier alpha value is -2.96. The molecule has 2 aromatic rings. The molecule has 0 unspecified atom stereocenters. The summed E-state index contributed by atoms with van der Waals surface area (Å²) in [5, 5.41) is 2.79. The minimum atomic E-state index is -0.823. The van der Waals surface area contributed by atoms with Crippen LogP contribution < -0.4 is 16.4 Å². The van der Waals surface area contributed by atoms with Gasteiger partial charge in [0, 0.05) is 18.9 Å². The Balaban J connectivity index is 1.68. The number of carbonyl (C=O) groups is 1. The van der Waals surface area contributed by atoms with Crippen molar-refractivity contribution < 1.29 is 9.18 Å². The van der Waals surface area contributed by atoms with Crippen LogP contribution in [-0.2, 0) is 11.3 Å². The predicted octanol–water partition coefficient (Wildman–Crippen LogP) is 2.45. The standard InChI is InChI=1S/C21H24FN3O3/c1-15-7-8-17(22)13-18(15)25-12-11-24(20(27)21(25)28)14-19(26)23-10-9-16-5-3-2-4-6-16/h5,7-8,11-13H,2-4,6,9-10,14H2,1H3,(H,23,26). The third-order valence-electron chi connectivity index (χ3n) is 4.96. The maximum absolute atomic E-state index is 13.5. The predicted molar refractivity (Wildman–Crippen MR) is 105 cm³/mol. The highest BCUT2D eigenvalue weighted by Gasteiger charge is 2.12. The first-order valence-electron chi connectivity index (χ1n) is 9.49. The normalized spacial score (nSPS) is 13.9. The number of benzene rings is 1. The largest absolute Gasteiger partial charge is 0.354 e. The minimum Gasteiger partial charge on any atom is -0.354 e. The Morgan fingerprint density at radius 3 is 2.75 bits per heavy atom. The Bertz CT molecular complexity index is 1020. The van der Waals surface area contributed by atoms with Crippen LogP contribution in [0.2, 0.25) is 0 Å². The highest BCUT2D eigenvalue weighted by Crippen LogP contribution is 2.19. The fourth-order valence-corrected chi connectivity index (χ4v) is 3.37. The number of halogens is 1. The van der Waals surface area contributed by atoms with Crippen molar-refractivity contribution in [3.8, 4) is 5.69 Å². The van der Waals surface area contributed by atoms with E-state index in [4.69, 9.17) is 0 Å². The second-order valence-electron chi connectivity index (χ2n) is 7.05. The molecule has 0 bridgehead atoms. The quantitative estimate of drug-likeness (QED) is 0.613. The molecule has 0 spiro atoms. The lowest BCUT2D eigenvalue weighted by molar-refractivity contribution is -0.121. The van der Waals surface area contributed by atoms with Crippen molar-refractivity contribution in [2.45, 2.75) is 45.6 Å². The number of rotatable bonds is 6. The first-order valence-corrected chi connectivity index (χ1v) is 9.49. The number of allylic oxidation sites excluding steroid dienone is 1. The van der Waals surface area contributed by atoms with Crippen molar-refractivity contribution in [2.24, 2.45) is 0 Å². The van der Waals surface area contributed by atoms with Gasteiger partial charge in [-0.15, -0.1) is 0 Å². The van der Waals surface area contributed by atoms with Crippen molar-refractivity contribution in [3.05, 3.63) is 74.3 Å². The molecule has 148 valence electrons. The summed E-state index contributed by atoms with van der Waals surface area (Å²) in [7, 11) is 0. The van der Waals surface area contributed by atoms with Crippen LogP contribution >= 0.6 is 0 Å². The molecule has 1 N–H and O–H groups in total. The van der Waals surface area contributed by atoms with Crippen molar-refractivity contribution in [3.63, 3.8) is 0 Å². The summed E-state index contributed by atoms with van der Waals surface area (Å²) < 4.78 is 15.7. The van der Waals surface area contributed by atoms with Crippen LogP contribution in [0.4, 0.5) is 4.39 Å².